The first-order valence-electron chi connectivity index (χ1n) is 8.80. The molecule has 4 rings (SSSR count). The third-order valence-electron chi connectivity index (χ3n) is 4.61. The van der Waals surface area contributed by atoms with Gasteiger partial charge in [0, 0.05) is 23.8 Å². The zero-order chi connectivity index (χ0) is 22.1. The van der Waals surface area contributed by atoms with Gasteiger partial charge in [-0.25, -0.2) is 4.79 Å². The minimum atomic E-state index is -0.881. The standard InChI is InChI=1S/C21H12ClN3O6/c22-16-6-3-11(25(27)28)8-14(16)21(26)30-12-4-5-13-18(9-12)31-20(24)15(10-23)19(13)17-2-1-7-29-17/h1-9,19H,24H2. The van der Waals surface area contributed by atoms with Gasteiger partial charge in [0.2, 0.25) is 5.88 Å². The number of fused-ring (bicyclic) bond motifs is 1. The highest BCUT2D eigenvalue weighted by molar-refractivity contribution is 6.33. The van der Waals surface area contributed by atoms with Gasteiger partial charge in [-0.05, 0) is 24.3 Å². The number of nitriles is 1. The molecule has 10 heteroatoms. The normalized spacial score (nSPS) is 14.9. The van der Waals surface area contributed by atoms with E-state index in [-0.39, 0.29) is 39.2 Å². The van der Waals surface area contributed by atoms with Crippen molar-refractivity contribution in [3.05, 3.63) is 98.3 Å². The number of esters is 1. The minimum absolute atomic E-state index is 0.00790. The van der Waals surface area contributed by atoms with Crippen molar-refractivity contribution in [2.75, 3.05) is 0 Å². The number of nitrogens with two attached hydrogens (primary N) is 1. The van der Waals surface area contributed by atoms with Crippen LogP contribution in [0.2, 0.25) is 5.02 Å². The number of allylic oxidation sites excluding steroid dienone is 1. The van der Waals surface area contributed by atoms with Crippen molar-refractivity contribution in [3.8, 4) is 17.6 Å². The summed E-state index contributed by atoms with van der Waals surface area (Å²) in [5, 5.41) is 20.5. The van der Waals surface area contributed by atoms with Crippen LogP contribution in [-0.2, 0) is 0 Å². The van der Waals surface area contributed by atoms with Crippen molar-refractivity contribution < 1.29 is 23.6 Å². The van der Waals surface area contributed by atoms with Crippen LogP contribution in [0.1, 0.15) is 27.6 Å². The van der Waals surface area contributed by atoms with Gasteiger partial charge in [-0.15, -0.1) is 0 Å². The Morgan fingerprint density at radius 1 is 1.26 bits per heavy atom. The predicted octanol–water partition coefficient (Wildman–Crippen LogP) is 4.28. The summed E-state index contributed by atoms with van der Waals surface area (Å²) in [5.74, 6) is -0.696. The van der Waals surface area contributed by atoms with E-state index >= 15 is 0 Å². The van der Waals surface area contributed by atoms with Gasteiger partial charge in [0.1, 0.15) is 28.9 Å². The van der Waals surface area contributed by atoms with E-state index in [0.717, 1.165) is 6.07 Å². The second-order valence-electron chi connectivity index (χ2n) is 6.45. The lowest BCUT2D eigenvalue weighted by molar-refractivity contribution is -0.384. The van der Waals surface area contributed by atoms with Crippen LogP contribution in [0, 0.1) is 21.4 Å². The number of nitro groups is 1. The Morgan fingerprint density at radius 2 is 2.06 bits per heavy atom. The molecule has 0 fully saturated rings. The maximum Gasteiger partial charge on any atom is 0.345 e. The van der Waals surface area contributed by atoms with E-state index in [9.17, 15) is 20.2 Å². The molecule has 1 aliphatic rings. The zero-order valence-corrected chi connectivity index (χ0v) is 16.3. The lowest BCUT2D eigenvalue weighted by Gasteiger charge is -2.25. The van der Waals surface area contributed by atoms with Crippen molar-refractivity contribution in [2.45, 2.75) is 5.92 Å². The average Bonchev–Trinajstić information content (AvgIpc) is 3.27. The molecular weight excluding hydrogens is 426 g/mol. The van der Waals surface area contributed by atoms with E-state index in [1.165, 1.54) is 30.5 Å². The molecule has 31 heavy (non-hydrogen) atoms. The zero-order valence-electron chi connectivity index (χ0n) is 15.6. The number of halogens is 1. The topological polar surface area (TPSA) is 142 Å². The van der Waals surface area contributed by atoms with Crippen molar-refractivity contribution in [2.24, 2.45) is 5.73 Å². The molecule has 0 amide bonds. The maximum atomic E-state index is 12.5. The summed E-state index contributed by atoms with van der Waals surface area (Å²) in [7, 11) is 0. The molecule has 1 unspecified atom stereocenters. The Morgan fingerprint density at radius 3 is 2.74 bits per heavy atom. The Kier molecular flexibility index (Phi) is 5.07. The van der Waals surface area contributed by atoms with Gasteiger partial charge in [-0.1, -0.05) is 17.7 Å². The number of hydrogen-bond acceptors (Lipinski definition) is 8. The molecule has 0 radical (unpaired) electrons. The monoisotopic (exact) mass is 437 g/mol. The second kappa shape index (κ2) is 7.85. The summed E-state index contributed by atoms with van der Waals surface area (Å²) >= 11 is 5.99. The first-order valence-corrected chi connectivity index (χ1v) is 9.18. The highest BCUT2D eigenvalue weighted by Gasteiger charge is 2.33. The Hall–Kier alpha value is -4.29. The third kappa shape index (κ3) is 3.68. The Labute approximate surface area is 180 Å². The van der Waals surface area contributed by atoms with Crippen LogP contribution >= 0.6 is 11.6 Å². The summed E-state index contributed by atoms with van der Waals surface area (Å²) < 4.78 is 16.3. The third-order valence-corrected chi connectivity index (χ3v) is 4.94. The van der Waals surface area contributed by atoms with E-state index in [4.69, 9.17) is 31.2 Å². The Balaban J connectivity index is 1.67. The molecule has 9 nitrogen and oxygen atoms in total. The molecule has 1 aromatic heterocycles. The molecule has 1 atom stereocenters. The lowest BCUT2D eigenvalue weighted by Crippen LogP contribution is -2.21. The van der Waals surface area contributed by atoms with Crippen molar-refractivity contribution >= 4 is 23.3 Å². The molecule has 0 saturated heterocycles. The minimum Gasteiger partial charge on any atom is -0.468 e. The fourth-order valence-electron chi connectivity index (χ4n) is 3.19. The summed E-state index contributed by atoms with van der Waals surface area (Å²) in [6.07, 6.45) is 1.48. The fourth-order valence-corrected chi connectivity index (χ4v) is 3.39. The maximum absolute atomic E-state index is 12.5. The number of nitro benzene ring substituents is 1. The highest BCUT2D eigenvalue weighted by atomic mass is 35.5. The molecule has 154 valence electrons. The van der Waals surface area contributed by atoms with Gasteiger partial charge in [-0.3, -0.25) is 10.1 Å². The van der Waals surface area contributed by atoms with Crippen molar-refractivity contribution in [1.29, 1.82) is 5.26 Å². The summed E-state index contributed by atoms with van der Waals surface area (Å²) in [6, 6.07) is 13.4. The molecule has 0 spiro atoms. The van der Waals surface area contributed by atoms with Crippen molar-refractivity contribution in [3.63, 3.8) is 0 Å². The van der Waals surface area contributed by atoms with Crippen LogP contribution in [0.5, 0.6) is 11.5 Å². The van der Waals surface area contributed by atoms with Gasteiger partial charge in [0.05, 0.1) is 27.7 Å². The van der Waals surface area contributed by atoms with Gasteiger partial charge in [0.15, 0.2) is 0 Å². The van der Waals surface area contributed by atoms with Crippen LogP contribution < -0.4 is 15.2 Å². The van der Waals surface area contributed by atoms with Gasteiger partial charge >= 0.3 is 5.97 Å². The van der Waals surface area contributed by atoms with E-state index in [1.54, 1.807) is 18.2 Å². The SMILES string of the molecule is N#CC1=C(N)Oc2cc(OC(=O)c3cc([N+](=O)[O-])ccc3Cl)ccc2C1c1ccco1. The smallest absolute Gasteiger partial charge is 0.345 e. The molecule has 1 aliphatic heterocycles. The van der Waals surface area contributed by atoms with Gasteiger partial charge < -0.3 is 19.6 Å². The van der Waals surface area contributed by atoms with E-state index in [1.807, 2.05) is 6.07 Å². The van der Waals surface area contributed by atoms with Crippen LogP contribution in [0.15, 0.2) is 70.7 Å². The Bertz CT molecular complexity index is 1280. The van der Waals surface area contributed by atoms with Gasteiger partial charge in [-0.2, -0.15) is 5.26 Å². The van der Waals surface area contributed by atoms with E-state index in [2.05, 4.69) is 0 Å². The predicted molar refractivity (Wildman–Crippen MR) is 108 cm³/mol. The molecule has 0 saturated carbocycles. The number of non-ortho nitro benzene ring substituents is 1. The highest BCUT2D eigenvalue weighted by Crippen LogP contribution is 2.43. The molecule has 0 bridgehead atoms. The van der Waals surface area contributed by atoms with Crippen LogP contribution in [0.25, 0.3) is 0 Å². The van der Waals surface area contributed by atoms with Gasteiger partial charge in [0.25, 0.3) is 5.69 Å². The number of hydrogen-bond donors (Lipinski definition) is 1. The largest absolute Gasteiger partial charge is 0.468 e. The summed E-state index contributed by atoms with van der Waals surface area (Å²) in [6.45, 7) is 0. The molecule has 2 heterocycles. The number of furan rings is 1. The molecule has 2 N–H and O–H groups in total. The number of ether oxygens (including phenoxy) is 2. The lowest BCUT2D eigenvalue weighted by atomic mass is 9.87. The number of carbonyl (C=O) groups is 1. The number of carbonyl (C=O) groups excluding carboxylic acids is 1. The molecule has 3 aromatic rings. The molecular formula is C21H12ClN3O6. The molecule has 2 aromatic carbocycles. The quantitative estimate of drug-likeness (QED) is 0.276. The average molecular weight is 438 g/mol. The second-order valence-corrected chi connectivity index (χ2v) is 6.86. The van der Waals surface area contributed by atoms with Crippen LogP contribution in [0.4, 0.5) is 5.69 Å². The van der Waals surface area contributed by atoms with E-state index < -0.39 is 16.8 Å². The first kappa shape index (κ1) is 20.0. The van der Waals surface area contributed by atoms with Crippen molar-refractivity contribution in [1.82, 2.24) is 0 Å². The van der Waals surface area contributed by atoms with E-state index in [0.29, 0.717) is 11.3 Å². The number of nitrogens with zero attached hydrogens (tertiary/aromatic N) is 2. The summed E-state index contributed by atoms with van der Waals surface area (Å²) in [4.78, 5) is 22.9. The first-order chi connectivity index (χ1) is 14.9. The van der Waals surface area contributed by atoms with Crippen LogP contribution in [-0.4, -0.2) is 10.9 Å². The molecule has 0 aliphatic carbocycles. The number of benzene rings is 2. The summed E-state index contributed by atoms with van der Waals surface area (Å²) in [5.41, 5.74) is 6.24. The fraction of sp³-hybridized carbons (Fsp3) is 0.0476. The number of rotatable bonds is 4. The van der Waals surface area contributed by atoms with Crippen LogP contribution in [0.3, 0.4) is 0 Å².